The topological polar surface area (TPSA) is 38.3 Å². The Hall–Kier alpha value is -0.280. The zero-order chi connectivity index (χ0) is 9.84. The van der Waals surface area contributed by atoms with Crippen LogP contribution in [0.3, 0.4) is 0 Å². The van der Waals surface area contributed by atoms with Crippen LogP contribution < -0.4 is 5.32 Å². The van der Waals surface area contributed by atoms with Gasteiger partial charge in [0.1, 0.15) is 6.10 Å². The average molecular weight is 206 g/mol. The van der Waals surface area contributed by atoms with Crippen molar-refractivity contribution < 1.29 is 9.53 Å². The maximum Gasteiger partial charge on any atom is 0.302 e. The normalized spacial score (nSPS) is 34.2. The molecule has 0 bridgehead atoms. The zero-order valence-corrected chi connectivity index (χ0v) is 8.80. The van der Waals surface area contributed by atoms with Crippen LogP contribution in [-0.4, -0.2) is 30.5 Å². The summed E-state index contributed by atoms with van der Waals surface area (Å²) in [6.07, 6.45) is 2.66. The standard InChI is InChI=1S/C9H16ClNO2/c1-6(12)13-9-4-3-7(11-2)5-8(9)10/h7-9,11H,3-5H2,1-2H3. The lowest BCUT2D eigenvalue weighted by molar-refractivity contribution is -0.147. The maximum absolute atomic E-state index is 10.7. The predicted molar refractivity (Wildman–Crippen MR) is 51.9 cm³/mol. The molecule has 1 aliphatic rings. The molecule has 0 heterocycles. The Balaban J connectivity index is 2.39. The van der Waals surface area contributed by atoms with E-state index in [1.54, 1.807) is 0 Å². The van der Waals surface area contributed by atoms with Crippen LogP contribution in [0.5, 0.6) is 0 Å². The minimum Gasteiger partial charge on any atom is -0.461 e. The van der Waals surface area contributed by atoms with Crippen LogP contribution in [-0.2, 0) is 9.53 Å². The van der Waals surface area contributed by atoms with Crippen LogP contribution in [0.1, 0.15) is 26.2 Å². The molecule has 76 valence electrons. The molecule has 0 saturated heterocycles. The number of carbonyl (C=O) groups is 1. The van der Waals surface area contributed by atoms with Gasteiger partial charge in [-0.15, -0.1) is 11.6 Å². The third kappa shape index (κ3) is 3.16. The summed E-state index contributed by atoms with van der Waals surface area (Å²) in [5.41, 5.74) is 0. The Morgan fingerprint density at radius 2 is 2.23 bits per heavy atom. The lowest BCUT2D eigenvalue weighted by Crippen LogP contribution is -2.40. The molecule has 0 amide bonds. The smallest absolute Gasteiger partial charge is 0.302 e. The van der Waals surface area contributed by atoms with E-state index >= 15 is 0 Å². The molecule has 13 heavy (non-hydrogen) atoms. The first kappa shape index (κ1) is 10.8. The fourth-order valence-corrected chi connectivity index (χ4v) is 2.09. The van der Waals surface area contributed by atoms with Crippen molar-refractivity contribution in [2.45, 2.75) is 43.7 Å². The highest BCUT2D eigenvalue weighted by Gasteiger charge is 2.30. The van der Waals surface area contributed by atoms with Gasteiger partial charge in [0.05, 0.1) is 5.38 Å². The van der Waals surface area contributed by atoms with Crippen LogP contribution in [0.25, 0.3) is 0 Å². The van der Waals surface area contributed by atoms with E-state index in [1.165, 1.54) is 6.92 Å². The Morgan fingerprint density at radius 3 is 2.69 bits per heavy atom. The minimum atomic E-state index is -0.237. The second-order valence-corrected chi connectivity index (χ2v) is 4.02. The van der Waals surface area contributed by atoms with Gasteiger partial charge in [0, 0.05) is 13.0 Å². The number of hydrogen-bond donors (Lipinski definition) is 1. The van der Waals surface area contributed by atoms with Gasteiger partial charge in [-0.3, -0.25) is 4.79 Å². The van der Waals surface area contributed by atoms with Gasteiger partial charge >= 0.3 is 5.97 Å². The summed E-state index contributed by atoms with van der Waals surface area (Å²) in [4.78, 5) is 10.7. The Bertz CT molecular complexity index is 186. The van der Waals surface area contributed by atoms with Crippen LogP contribution >= 0.6 is 11.6 Å². The van der Waals surface area contributed by atoms with E-state index in [4.69, 9.17) is 16.3 Å². The summed E-state index contributed by atoms with van der Waals surface area (Å²) in [5.74, 6) is -0.237. The molecule has 1 N–H and O–H groups in total. The summed E-state index contributed by atoms with van der Waals surface area (Å²) in [6.45, 7) is 1.42. The van der Waals surface area contributed by atoms with Crippen molar-refractivity contribution in [3.8, 4) is 0 Å². The predicted octanol–water partition coefficient (Wildman–Crippen LogP) is 1.30. The van der Waals surface area contributed by atoms with E-state index in [2.05, 4.69) is 5.32 Å². The van der Waals surface area contributed by atoms with Crippen LogP contribution in [0, 0.1) is 0 Å². The van der Waals surface area contributed by atoms with Crippen LogP contribution in [0.15, 0.2) is 0 Å². The van der Waals surface area contributed by atoms with Crippen LogP contribution in [0.4, 0.5) is 0 Å². The van der Waals surface area contributed by atoms with Gasteiger partial charge < -0.3 is 10.1 Å². The molecule has 0 aromatic carbocycles. The number of hydrogen-bond acceptors (Lipinski definition) is 3. The molecule has 0 aliphatic heterocycles. The van der Waals surface area contributed by atoms with E-state index in [0.29, 0.717) is 6.04 Å². The molecule has 0 aromatic rings. The fraction of sp³-hybridized carbons (Fsp3) is 0.889. The molecule has 0 aromatic heterocycles. The highest BCUT2D eigenvalue weighted by atomic mass is 35.5. The highest BCUT2D eigenvalue weighted by molar-refractivity contribution is 6.21. The van der Waals surface area contributed by atoms with Crippen molar-refractivity contribution in [3.63, 3.8) is 0 Å². The molecule has 0 radical (unpaired) electrons. The Labute approximate surface area is 83.8 Å². The van der Waals surface area contributed by atoms with Crippen molar-refractivity contribution in [1.82, 2.24) is 5.32 Å². The summed E-state index contributed by atoms with van der Waals surface area (Å²) < 4.78 is 5.10. The zero-order valence-electron chi connectivity index (χ0n) is 8.05. The number of nitrogens with one attached hydrogen (secondary N) is 1. The van der Waals surface area contributed by atoms with E-state index in [9.17, 15) is 4.79 Å². The number of halogens is 1. The lowest BCUT2D eigenvalue weighted by Gasteiger charge is -2.31. The van der Waals surface area contributed by atoms with E-state index in [1.807, 2.05) is 7.05 Å². The van der Waals surface area contributed by atoms with E-state index in [-0.39, 0.29) is 17.5 Å². The third-order valence-electron chi connectivity index (χ3n) is 2.44. The molecule has 1 saturated carbocycles. The van der Waals surface area contributed by atoms with Crippen molar-refractivity contribution in [1.29, 1.82) is 0 Å². The van der Waals surface area contributed by atoms with Gasteiger partial charge in [0.25, 0.3) is 0 Å². The van der Waals surface area contributed by atoms with Gasteiger partial charge in [-0.2, -0.15) is 0 Å². The molecule has 3 atom stereocenters. The minimum absolute atomic E-state index is 0.0462. The van der Waals surface area contributed by atoms with Gasteiger partial charge in [-0.25, -0.2) is 0 Å². The molecular formula is C9H16ClNO2. The van der Waals surface area contributed by atoms with Crippen molar-refractivity contribution in [3.05, 3.63) is 0 Å². The summed E-state index contributed by atoms with van der Waals surface area (Å²) >= 11 is 6.08. The van der Waals surface area contributed by atoms with Gasteiger partial charge in [0.15, 0.2) is 0 Å². The second kappa shape index (κ2) is 4.82. The number of carbonyl (C=O) groups excluding carboxylic acids is 1. The monoisotopic (exact) mass is 205 g/mol. The SMILES string of the molecule is CNC1CCC(OC(C)=O)C(Cl)C1. The highest BCUT2D eigenvalue weighted by Crippen LogP contribution is 2.25. The van der Waals surface area contributed by atoms with Crippen molar-refractivity contribution in [2.75, 3.05) is 7.05 Å². The summed E-state index contributed by atoms with van der Waals surface area (Å²) in [5, 5.41) is 3.14. The van der Waals surface area contributed by atoms with Crippen molar-refractivity contribution in [2.24, 2.45) is 0 Å². The first-order chi connectivity index (χ1) is 6.13. The van der Waals surface area contributed by atoms with Crippen LogP contribution in [0.2, 0.25) is 0 Å². The summed E-state index contributed by atoms with van der Waals surface area (Å²) in [7, 11) is 1.93. The molecule has 1 rings (SSSR count). The first-order valence-electron chi connectivity index (χ1n) is 4.62. The maximum atomic E-state index is 10.7. The third-order valence-corrected chi connectivity index (χ3v) is 2.90. The number of rotatable bonds is 2. The van der Waals surface area contributed by atoms with E-state index < -0.39 is 0 Å². The number of esters is 1. The number of alkyl halides is 1. The quantitative estimate of drug-likeness (QED) is 0.546. The Kier molecular flexibility index (Phi) is 4.00. The molecule has 0 spiro atoms. The molecule has 3 nitrogen and oxygen atoms in total. The van der Waals surface area contributed by atoms with Crippen molar-refractivity contribution >= 4 is 17.6 Å². The molecule has 1 aliphatic carbocycles. The molecule has 4 heteroatoms. The lowest BCUT2D eigenvalue weighted by atomic mass is 9.92. The van der Waals surface area contributed by atoms with Gasteiger partial charge in [0.2, 0.25) is 0 Å². The largest absolute Gasteiger partial charge is 0.461 e. The molecular weight excluding hydrogens is 190 g/mol. The number of ether oxygens (including phenoxy) is 1. The molecule has 3 unspecified atom stereocenters. The summed E-state index contributed by atoms with van der Waals surface area (Å²) in [6, 6.07) is 0.467. The van der Waals surface area contributed by atoms with Gasteiger partial charge in [-0.05, 0) is 26.3 Å². The Morgan fingerprint density at radius 1 is 1.54 bits per heavy atom. The van der Waals surface area contributed by atoms with Gasteiger partial charge in [-0.1, -0.05) is 0 Å². The second-order valence-electron chi connectivity index (χ2n) is 3.46. The van der Waals surface area contributed by atoms with E-state index in [0.717, 1.165) is 19.3 Å². The molecule has 1 fully saturated rings. The fourth-order valence-electron chi connectivity index (χ4n) is 1.70. The average Bonchev–Trinajstić information content (AvgIpc) is 2.08. The first-order valence-corrected chi connectivity index (χ1v) is 5.05.